The molecule has 1 aliphatic rings. The van der Waals surface area contributed by atoms with E-state index in [-0.39, 0.29) is 4.90 Å². The van der Waals surface area contributed by atoms with Crippen LogP contribution in [0, 0.1) is 6.92 Å². The molecule has 148 valence electrons. The average molecular weight is 400 g/mol. The van der Waals surface area contributed by atoms with Crippen molar-refractivity contribution in [2.24, 2.45) is 0 Å². The van der Waals surface area contributed by atoms with E-state index in [1.54, 1.807) is 16.4 Å². The summed E-state index contributed by atoms with van der Waals surface area (Å²) in [6.45, 7) is 5.05. The molecule has 0 atom stereocenters. The highest BCUT2D eigenvalue weighted by Gasteiger charge is 2.31. The molecule has 1 fully saturated rings. The number of hydrogen-bond donors (Lipinski definition) is 1. The number of aromatic amines is 1. The first kappa shape index (κ1) is 19.0. The quantitative estimate of drug-likeness (QED) is 0.716. The van der Waals surface area contributed by atoms with Crippen molar-refractivity contribution < 1.29 is 13.2 Å². The number of H-pyrrole nitrogens is 1. The first-order valence-corrected chi connectivity index (χ1v) is 10.8. The lowest BCUT2D eigenvalue weighted by atomic mass is 10.1. The molecule has 0 amide bonds. The lowest BCUT2D eigenvalue weighted by Crippen LogP contribution is -2.48. The van der Waals surface area contributed by atoms with Crippen LogP contribution < -0.4 is 4.74 Å². The van der Waals surface area contributed by atoms with E-state index in [9.17, 15) is 8.42 Å². The van der Waals surface area contributed by atoms with Gasteiger partial charge in [0.2, 0.25) is 10.0 Å². The van der Waals surface area contributed by atoms with Gasteiger partial charge >= 0.3 is 0 Å². The number of aryl methyl sites for hydroxylation is 1. The van der Waals surface area contributed by atoms with Crippen molar-refractivity contribution in [3.63, 3.8) is 0 Å². The molecule has 4 rings (SSSR count). The predicted molar refractivity (Wildman–Crippen MR) is 110 cm³/mol. The molecule has 6 nitrogen and oxygen atoms in total. The lowest BCUT2D eigenvalue weighted by Gasteiger charge is -2.34. The molecule has 7 heteroatoms. The molecule has 0 unspecified atom stereocenters. The topological polar surface area (TPSA) is 65.6 Å². The fourth-order valence-electron chi connectivity index (χ4n) is 3.76. The summed E-state index contributed by atoms with van der Waals surface area (Å²) in [5.74, 6) is 0.395. The van der Waals surface area contributed by atoms with Crippen molar-refractivity contribution in [1.29, 1.82) is 0 Å². The molecule has 1 saturated heterocycles. The molecule has 0 spiro atoms. The van der Waals surface area contributed by atoms with Crippen LogP contribution in [0.4, 0.5) is 0 Å². The summed E-state index contributed by atoms with van der Waals surface area (Å²) in [4.78, 5) is 5.85. The predicted octanol–water partition coefficient (Wildman–Crippen LogP) is 2.99. The zero-order valence-electron chi connectivity index (χ0n) is 16.2. The second kappa shape index (κ2) is 7.58. The van der Waals surface area contributed by atoms with E-state index in [1.807, 2.05) is 31.3 Å². The average Bonchev–Trinajstić information content (AvgIpc) is 3.11. The number of sulfonamides is 1. The number of ether oxygens (including phenoxy) is 1. The van der Waals surface area contributed by atoms with Crippen LogP contribution in [0.15, 0.2) is 53.6 Å². The zero-order chi connectivity index (χ0) is 19.7. The minimum atomic E-state index is -3.57. The molecular weight excluding hydrogens is 374 g/mol. The van der Waals surface area contributed by atoms with Crippen molar-refractivity contribution in [3.8, 4) is 5.75 Å². The Labute approximate surface area is 165 Å². The van der Waals surface area contributed by atoms with Gasteiger partial charge in [0.1, 0.15) is 10.6 Å². The van der Waals surface area contributed by atoms with E-state index >= 15 is 0 Å². The molecule has 0 aliphatic carbocycles. The van der Waals surface area contributed by atoms with Crippen LogP contribution in [0.25, 0.3) is 10.9 Å². The minimum Gasteiger partial charge on any atom is -0.495 e. The Balaban J connectivity index is 1.47. The van der Waals surface area contributed by atoms with Gasteiger partial charge in [-0.25, -0.2) is 8.42 Å². The first-order valence-electron chi connectivity index (χ1n) is 9.41. The van der Waals surface area contributed by atoms with Gasteiger partial charge in [-0.05, 0) is 36.2 Å². The summed E-state index contributed by atoms with van der Waals surface area (Å²) in [5, 5.41) is 1.22. The maximum absolute atomic E-state index is 13.1. The second-order valence-corrected chi connectivity index (χ2v) is 9.10. The summed E-state index contributed by atoms with van der Waals surface area (Å²) in [7, 11) is -2.07. The van der Waals surface area contributed by atoms with E-state index in [0.717, 1.165) is 17.6 Å². The number of aromatic nitrogens is 1. The number of piperazine rings is 1. The van der Waals surface area contributed by atoms with Gasteiger partial charge in [0.05, 0.1) is 7.11 Å². The Morgan fingerprint density at radius 2 is 1.82 bits per heavy atom. The fourth-order valence-corrected chi connectivity index (χ4v) is 5.42. The number of nitrogens with zero attached hydrogens (tertiary/aromatic N) is 2. The third-order valence-electron chi connectivity index (χ3n) is 5.34. The maximum Gasteiger partial charge on any atom is 0.246 e. The lowest BCUT2D eigenvalue weighted by molar-refractivity contribution is 0.182. The van der Waals surface area contributed by atoms with Gasteiger partial charge in [-0.1, -0.05) is 24.3 Å². The number of methoxy groups -OCH3 is 1. The van der Waals surface area contributed by atoms with E-state index < -0.39 is 10.0 Å². The summed E-state index contributed by atoms with van der Waals surface area (Å²) >= 11 is 0. The van der Waals surface area contributed by atoms with Crippen LogP contribution in [-0.2, 0) is 16.6 Å². The molecule has 1 aromatic heterocycles. The van der Waals surface area contributed by atoms with Gasteiger partial charge in [-0.2, -0.15) is 4.31 Å². The number of benzene rings is 2. The van der Waals surface area contributed by atoms with Crippen molar-refractivity contribution in [2.75, 3.05) is 33.3 Å². The van der Waals surface area contributed by atoms with Crippen LogP contribution in [0.5, 0.6) is 5.75 Å². The molecular formula is C21H25N3O3S. The highest BCUT2D eigenvalue weighted by molar-refractivity contribution is 7.89. The molecule has 1 aliphatic heterocycles. The summed E-state index contributed by atoms with van der Waals surface area (Å²) in [6.07, 6.45) is 2.05. The van der Waals surface area contributed by atoms with E-state index in [1.165, 1.54) is 18.1 Å². The van der Waals surface area contributed by atoms with Gasteiger partial charge in [-0.3, -0.25) is 4.90 Å². The highest BCUT2D eigenvalue weighted by atomic mass is 32.2. The summed E-state index contributed by atoms with van der Waals surface area (Å²) in [6, 6.07) is 13.5. The number of fused-ring (bicyclic) bond motifs is 1. The van der Waals surface area contributed by atoms with Gasteiger partial charge in [0.15, 0.2) is 0 Å². The van der Waals surface area contributed by atoms with Gasteiger partial charge in [0, 0.05) is 49.8 Å². The molecule has 2 aromatic carbocycles. The van der Waals surface area contributed by atoms with Crippen molar-refractivity contribution in [1.82, 2.24) is 14.2 Å². The monoisotopic (exact) mass is 399 g/mol. The Kier molecular flexibility index (Phi) is 5.14. The summed E-state index contributed by atoms with van der Waals surface area (Å²) in [5.41, 5.74) is 3.27. The largest absolute Gasteiger partial charge is 0.495 e. The van der Waals surface area contributed by atoms with E-state index in [4.69, 9.17) is 4.74 Å². The number of nitrogens with one attached hydrogen (secondary N) is 1. The fraction of sp³-hybridized carbons (Fsp3) is 0.333. The van der Waals surface area contributed by atoms with E-state index in [0.29, 0.717) is 31.9 Å². The van der Waals surface area contributed by atoms with Crippen LogP contribution in [-0.4, -0.2) is 55.9 Å². The van der Waals surface area contributed by atoms with E-state index in [2.05, 4.69) is 22.0 Å². The summed E-state index contributed by atoms with van der Waals surface area (Å²) < 4.78 is 33.1. The number of hydrogen-bond acceptors (Lipinski definition) is 4. The van der Waals surface area contributed by atoms with Crippen molar-refractivity contribution >= 4 is 20.9 Å². The normalized spacial score (nSPS) is 16.5. The van der Waals surface area contributed by atoms with Crippen LogP contribution >= 0.6 is 0 Å². The smallest absolute Gasteiger partial charge is 0.246 e. The maximum atomic E-state index is 13.1. The minimum absolute atomic E-state index is 0.250. The molecule has 1 N–H and O–H groups in total. The third kappa shape index (κ3) is 3.53. The van der Waals surface area contributed by atoms with Crippen molar-refractivity contribution in [2.45, 2.75) is 18.4 Å². The number of rotatable bonds is 5. The third-order valence-corrected chi connectivity index (χ3v) is 7.26. The molecule has 0 bridgehead atoms. The second-order valence-electron chi connectivity index (χ2n) is 7.19. The molecule has 3 aromatic rings. The zero-order valence-corrected chi connectivity index (χ0v) is 17.0. The SMILES string of the molecule is COc1ccc(C)cc1S(=O)(=O)N1CCN(Cc2c[nH]c3ccccc23)CC1. The van der Waals surface area contributed by atoms with Crippen LogP contribution in [0.1, 0.15) is 11.1 Å². The Morgan fingerprint density at radius 3 is 2.57 bits per heavy atom. The first-order chi connectivity index (χ1) is 13.5. The molecule has 2 heterocycles. The molecule has 0 saturated carbocycles. The van der Waals surface area contributed by atoms with Crippen molar-refractivity contribution in [3.05, 3.63) is 59.8 Å². The van der Waals surface area contributed by atoms with Gasteiger partial charge in [0.25, 0.3) is 0 Å². The van der Waals surface area contributed by atoms with Crippen LogP contribution in [0.2, 0.25) is 0 Å². The Hall–Kier alpha value is -2.35. The molecule has 0 radical (unpaired) electrons. The Morgan fingerprint density at radius 1 is 1.07 bits per heavy atom. The molecule has 28 heavy (non-hydrogen) atoms. The van der Waals surface area contributed by atoms with Gasteiger partial charge < -0.3 is 9.72 Å². The van der Waals surface area contributed by atoms with Gasteiger partial charge in [-0.15, -0.1) is 0 Å². The number of para-hydroxylation sites is 1. The standard InChI is InChI=1S/C21H25N3O3S/c1-16-7-8-20(27-2)21(13-16)28(25,26)24-11-9-23(10-12-24)15-17-14-22-19-6-4-3-5-18(17)19/h3-8,13-14,22H,9-12,15H2,1-2H3. The van der Waals surface area contributed by atoms with Crippen LogP contribution in [0.3, 0.4) is 0 Å². The highest BCUT2D eigenvalue weighted by Crippen LogP contribution is 2.28. The Bertz CT molecular complexity index is 1080.